The summed E-state index contributed by atoms with van der Waals surface area (Å²) >= 11 is 0. The average molecular weight is 1160 g/mol. The molecule has 3 fully saturated rings. The molecule has 0 unspecified atom stereocenters. The molecule has 0 amide bonds. The molecule has 3 saturated heterocycles. The first kappa shape index (κ1) is 61.8. The summed E-state index contributed by atoms with van der Waals surface area (Å²) in [4.78, 5) is 39.4. The second kappa shape index (κ2) is 31.4. The first-order chi connectivity index (χ1) is 40.9. The van der Waals surface area contributed by atoms with Gasteiger partial charge in [-0.3, -0.25) is 14.4 Å². The molecule has 15 atom stereocenters. The minimum atomic E-state index is -1.73. The standard InChI is InChI=1S/C66H74O18/c1-43-55(73-37-49-27-15-7-16-28-49)58(74-38-50-29-17-8-18-30-50)62(76-40-52-33-21-10-22-34-52)65(77-43)83-57-53(41-71-35-47-23-11-5-12-24-47)81-64(70)61(75-39-51-31-19-9-20-32-51)59(57)84-66-63(80-46(4)69)60(79-45(3)68)56(78-44(2)67)54(82-66)42-72-36-48-25-13-6-14-26-48/h5-34,43,53-66,70H,35-42H2,1-4H3/t43-,53+,54+,55+,56-,57+,58+,59-,60-,61+,62-,63-,64+,65-,66-/m0/s1. The van der Waals surface area contributed by atoms with Crippen LogP contribution in [0.15, 0.2) is 182 Å². The Morgan fingerprint density at radius 2 is 0.690 bits per heavy atom. The molecule has 0 radical (unpaired) electrons. The molecule has 0 spiro atoms. The molecule has 3 heterocycles. The van der Waals surface area contributed by atoms with Crippen LogP contribution in [0, 0.1) is 0 Å². The fraction of sp³-hybridized carbons (Fsp3) is 0.409. The Kier molecular flexibility index (Phi) is 23.1. The van der Waals surface area contributed by atoms with Crippen LogP contribution in [0.5, 0.6) is 0 Å². The molecule has 18 heteroatoms. The van der Waals surface area contributed by atoms with E-state index in [0.29, 0.717) is 0 Å². The van der Waals surface area contributed by atoms with Gasteiger partial charge >= 0.3 is 17.9 Å². The van der Waals surface area contributed by atoms with Gasteiger partial charge in [-0.1, -0.05) is 182 Å². The predicted octanol–water partition coefficient (Wildman–Crippen LogP) is 8.51. The second-order valence-corrected chi connectivity index (χ2v) is 20.8. The van der Waals surface area contributed by atoms with Crippen LogP contribution in [0.2, 0.25) is 0 Å². The average Bonchev–Trinajstić information content (AvgIpc) is 3.62. The highest BCUT2D eigenvalue weighted by Gasteiger charge is 2.58. The highest BCUT2D eigenvalue weighted by Crippen LogP contribution is 2.39. The molecular weight excluding hydrogens is 1080 g/mol. The quantitative estimate of drug-likeness (QED) is 0.0380. The van der Waals surface area contributed by atoms with Crippen LogP contribution in [-0.4, -0.2) is 128 Å². The Morgan fingerprint density at radius 1 is 0.357 bits per heavy atom. The Balaban J connectivity index is 1.14. The zero-order valence-corrected chi connectivity index (χ0v) is 47.5. The van der Waals surface area contributed by atoms with Crippen molar-refractivity contribution in [2.75, 3.05) is 13.2 Å². The number of esters is 3. The van der Waals surface area contributed by atoms with Crippen LogP contribution >= 0.6 is 0 Å². The van der Waals surface area contributed by atoms with Crippen molar-refractivity contribution >= 4 is 17.9 Å². The number of carbonyl (C=O) groups is 3. The third-order valence-corrected chi connectivity index (χ3v) is 14.3. The monoisotopic (exact) mass is 1150 g/mol. The van der Waals surface area contributed by atoms with Gasteiger partial charge in [0.2, 0.25) is 0 Å². The van der Waals surface area contributed by atoms with Crippen molar-refractivity contribution in [3.63, 3.8) is 0 Å². The van der Waals surface area contributed by atoms with E-state index in [1.54, 1.807) is 0 Å². The minimum Gasteiger partial charge on any atom is -0.456 e. The smallest absolute Gasteiger partial charge is 0.303 e. The van der Waals surface area contributed by atoms with E-state index in [9.17, 15) is 19.5 Å². The van der Waals surface area contributed by atoms with Crippen molar-refractivity contribution < 1.29 is 85.8 Å². The van der Waals surface area contributed by atoms with E-state index >= 15 is 0 Å². The fourth-order valence-corrected chi connectivity index (χ4v) is 10.4. The van der Waals surface area contributed by atoms with Crippen molar-refractivity contribution in [2.45, 2.75) is 159 Å². The minimum absolute atomic E-state index is 0.0528. The summed E-state index contributed by atoms with van der Waals surface area (Å²) in [6.07, 6.45) is -19.2. The zero-order chi connectivity index (χ0) is 58.6. The topological polar surface area (TPSA) is 201 Å². The van der Waals surface area contributed by atoms with Crippen molar-refractivity contribution in [3.8, 4) is 0 Å². The van der Waals surface area contributed by atoms with E-state index < -0.39 is 110 Å². The molecule has 6 aromatic carbocycles. The number of hydrogen-bond acceptors (Lipinski definition) is 18. The van der Waals surface area contributed by atoms with Gasteiger partial charge in [-0.2, -0.15) is 0 Å². The van der Waals surface area contributed by atoms with Crippen molar-refractivity contribution in [3.05, 3.63) is 215 Å². The van der Waals surface area contributed by atoms with Crippen molar-refractivity contribution in [1.29, 1.82) is 0 Å². The van der Waals surface area contributed by atoms with E-state index in [0.717, 1.165) is 40.3 Å². The molecule has 0 aliphatic carbocycles. The summed E-state index contributed by atoms with van der Waals surface area (Å²) in [7, 11) is 0. The van der Waals surface area contributed by atoms with Crippen LogP contribution in [0.3, 0.4) is 0 Å². The van der Waals surface area contributed by atoms with Gasteiger partial charge in [-0.25, -0.2) is 0 Å². The molecule has 446 valence electrons. The highest BCUT2D eigenvalue weighted by atomic mass is 16.8. The third kappa shape index (κ3) is 17.7. The third-order valence-electron chi connectivity index (χ3n) is 14.3. The molecular formula is C66H74O18. The molecule has 6 aromatic rings. The summed E-state index contributed by atoms with van der Waals surface area (Å²) in [6, 6.07) is 57.3. The molecule has 18 nitrogen and oxygen atoms in total. The Hall–Kier alpha value is -6.75. The molecule has 3 aliphatic rings. The zero-order valence-electron chi connectivity index (χ0n) is 47.5. The normalized spacial score (nSPS) is 27.8. The Morgan fingerprint density at radius 3 is 1.12 bits per heavy atom. The van der Waals surface area contributed by atoms with Crippen LogP contribution in [-0.2, 0) is 120 Å². The summed E-state index contributed by atoms with van der Waals surface area (Å²) in [6.45, 7) is 5.68. The van der Waals surface area contributed by atoms with Gasteiger partial charge in [0.25, 0.3) is 0 Å². The lowest BCUT2D eigenvalue weighted by Crippen LogP contribution is -2.68. The molecule has 0 bridgehead atoms. The van der Waals surface area contributed by atoms with Crippen LogP contribution in [0.1, 0.15) is 61.1 Å². The van der Waals surface area contributed by atoms with Gasteiger partial charge < -0.3 is 71.4 Å². The molecule has 84 heavy (non-hydrogen) atoms. The maximum absolute atomic E-state index is 13.3. The largest absolute Gasteiger partial charge is 0.456 e. The van der Waals surface area contributed by atoms with Gasteiger partial charge in [0.1, 0.15) is 48.8 Å². The van der Waals surface area contributed by atoms with Crippen LogP contribution < -0.4 is 0 Å². The fourth-order valence-electron chi connectivity index (χ4n) is 10.4. The van der Waals surface area contributed by atoms with Gasteiger partial charge in [-0.05, 0) is 40.3 Å². The summed E-state index contributed by atoms with van der Waals surface area (Å²) in [5.74, 6) is -2.35. The lowest BCUT2D eigenvalue weighted by atomic mass is 9.95. The van der Waals surface area contributed by atoms with E-state index in [4.69, 9.17) is 66.3 Å². The van der Waals surface area contributed by atoms with E-state index in [-0.39, 0.29) is 52.9 Å². The number of aliphatic hydroxyl groups excluding tert-OH is 1. The van der Waals surface area contributed by atoms with E-state index in [1.807, 2.05) is 189 Å². The van der Waals surface area contributed by atoms with Crippen LogP contribution in [0.4, 0.5) is 0 Å². The van der Waals surface area contributed by atoms with Gasteiger partial charge in [0.05, 0.1) is 59.0 Å². The summed E-state index contributed by atoms with van der Waals surface area (Å²) in [5, 5.41) is 12.4. The van der Waals surface area contributed by atoms with E-state index in [2.05, 4.69) is 0 Å². The number of hydrogen-bond donors (Lipinski definition) is 1. The second-order valence-electron chi connectivity index (χ2n) is 20.8. The number of benzene rings is 6. The number of carbonyl (C=O) groups excluding carboxylic acids is 3. The van der Waals surface area contributed by atoms with Crippen molar-refractivity contribution in [1.82, 2.24) is 0 Å². The molecule has 3 aliphatic heterocycles. The summed E-state index contributed by atoms with van der Waals surface area (Å²) in [5.41, 5.74) is 5.13. The SMILES string of the molecule is CC(=O)O[C@@H]1[C@H](OC(C)=O)[C@H](O[C@@H]2[C@@H](OCc3ccccc3)[C@H](O)O[C@H](COCc3ccccc3)[C@H]2O[C@@H]2O[C@@H](C)[C@@H](OCc3ccccc3)[C@@H](OCc3ccccc3)[C@@H]2OCc2ccccc2)O[C@H](COCc2ccccc2)[C@@H]1OC(C)=O. The van der Waals surface area contributed by atoms with E-state index in [1.165, 1.54) is 13.8 Å². The predicted molar refractivity (Wildman–Crippen MR) is 303 cm³/mol. The van der Waals surface area contributed by atoms with Gasteiger partial charge in [0, 0.05) is 20.8 Å². The number of ether oxygens (including phenoxy) is 14. The first-order valence-electron chi connectivity index (χ1n) is 28.3. The Labute approximate surface area is 490 Å². The number of rotatable bonds is 27. The number of aliphatic hydroxyl groups is 1. The Bertz CT molecular complexity index is 2890. The molecule has 0 aromatic heterocycles. The molecule has 9 rings (SSSR count). The first-order valence-corrected chi connectivity index (χ1v) is 28.3. The van der Waals surface area contributed by atoms with Crippen molar-refractivity contribution in [2.24, 2.45) is 0 Å². The van der Waals surface area contributed by atoms with Gasteiger partial charge in [-0.15, -0.1) is 0 Å². The molecule has 0 saturated carbocycles. The summed E-state index contributed by atoms with van der Waals surface area (Å²) < 4.78 is 92.6. The van der Waals surface area contributed by atoms with Gasteiger partial charge in [0.15, 0.2) is 37.2 Å². The lowest BCUT2D eigenvalue weighted by Gasteiger charge is -2.51. The highest BCUT2D eigenvalue weighted by molar-refractivity contribution is 5.68. The van der Waals surface area contributed by atoms with Crippen LogP contribution in [0.25, 0.3) is 0 Å². The maximum Gasteiger partial charge on any atom is 0.303 e. The lowest BCUT2D eigenvalue weighted by molar-refractivity contribution is -0.391. The maximum atomic E-state index is 13.3. The molecule has 1 N–H and O–H groups in total.